The first-order chi connectivity index (χ1) is 20.6. The van der Waals surface area contributed by atoms with Gasteiger partial charge in [0.15, 0.2) is 0 Å². The number of nitrogens with one attached hydrogen (secondary N) is 3. The highest BCUT2D eigenvalue weighted by molar-refractivity contribution is 6.37. The Balaban J connectivity index is 2.10. The Bertz CT molecular complexity index is 1370. The van der Waals surface area contributed by atoms with Crippen LogP contribution in [0, 0.1) is 28.6 Å². The lowest BCUT2D eigenvalue weighted by Crippen LogP contribution is -2.62. The van der Waals surface area contributed by atoms with E-state index >= 15 is 0 Å². The van der Waals surface area contributed by atoms with Crippen LogP contribution in [-0.2, 0) is 19.2 Å². The molecule has 3 rings (SSSR count). The summed E-state index contributed by atoms with van der Waals surface area (Å²) in [7, 11) is 0. The molecule has 3 aliphatic rings. The Morgan fingerprint density at radius 1 is 1.14 bits per heavy atom. The van der Waals surface area contributed by atoms with E-state index in [0.717, 1.165) is 4.90 Å². The number of carbonyl (C=O) groups is 5. The molecule has 0 aromatic carbocycles. The average Bonchev–Trinajstić information content (AvgIpc) is 3.20. The highest BCUT2D eigenvalue weighted by Gasteiger charge is 2.70. The SMILES string of the molecule is [2H]C1([2H])C([2H])([2H])C([2H])(C([2H])([2H])[C@@]([2H])(NC(=O)[C@@H]2[C@@H]3[C@H](CN2C(=O)[C@@H](NC(=O)NC(C)(C)C)C(C)(C)C)C3(C)C)C(=O)C(N)=O)C1([2H])[2H]. The van der Waals surface area contributed by atoms with Crippen molar-refractivity contribution in [2.24, 2.45) is 34.3 Å². The molecule has 0 bridgehead atoms. The number of rotatable bonds is 8. The summed E-state index contributed by atoms with van der Waals surface area (Å²) >= 11 is 0. The molecule has 2 aliphatic carbocycles. The number of primary amides is 1. The van der Waals surface area contributed by atoms with E-state index in [9.17, 15) is 24.0 Å². The summed E-state index contributed by atoms with van der Waals surface area (Å²) in [6.45, 7) is 13.8. The fourth-order valence-corrected chi connectivity index (χ4v) is 4.91. The van der Waals surface area contributed by atoms with Crippen LogP contribution in [0.2, 0.25) is 0 Å². The minimum Gasteiger partial charge on any atom is -0.363 e. The number of Topliss-reactive ketones (excluding diaryl/α,β-unsaturated/α-hetero) is 1. The smallest absolute Gasteiger partial charge is 0.315 e. The van der Waals surface area contributed by atoms with E-state index in [4.69, 9.17) is 19.4 Å². The molecule has 0 radical (unpaired) electrons. The number of piperidine rings is 1. The summed E-state index contributed by atoms with van der Waals surface area (Å²) in [4.78, 5) is 67.5. The molecule has 0 aromatic rings. The first kappa shape index (κ1) is 17.8. The highest BCUT2D eigenvalue weighted by atomic mass is 16.2. The number of urea groups is 1. The van der Waals surface area contributed by atoms with E-state index in [1.54, 1.807) is 60.7 Å². The molecule has 5 atom stereocenters. The van der Waals surface area contributed by atoms with Gasteiger partial charge in [-0.05, 0) is 55.7 Å². The predicted molar refractivity (Wildman–Crippen MR) is 139 cm³/mol. The second-order valence-electron chi connectivity index (χ2n) is 12.5. The van der Waals surface area contributed by atoms with Crippen LogP contribution in [0.15, 0.2) is 0 Å². The quantitative estimate of drug-likeness (QED) is 0.353. The van der Waals surface area contributed by atoms with E-state index in [2.05, 4.69) is 10.6 Å². The van der Waals surface area contributed by atoms with Gasteiger partial charge in [-0.15, -0.1) is 0 Å². The summed E-state index contributed by atoms with van der Waals surface area (Å²) in [5.74, 6) is -11.0. The molecular formula is C27H45N5O5. The molecule has 5 amide bonds. The van der Waals surface area contributed by atoms with Crippen LogP contribution in [0.3, 0.4) is 0 Å². The van der Waals surface area contributed by atoms with Crippen LogP contribution >= 0.6 is 0 Å². The number of fused-ring (bicyclic) bond motifs is 1. The standard InChI is InChI=1S/C27H45N5O5/c1-25(2,3)20(30-24(37)31-26(4,5)6)23(36)32-13-15-17(27(15,7)8)18(32)22(35)29-16(19(33)21(28)34)12-14-10-9-11-14/h14-18,20H,9-13H2,1-8H3,(H2,28,34)(H,29,35)(H2,30,31,37)/t15-,16+,17-,18-,20+/m0/s1/i9D2,10D2,11D2,12D2,14D,16D. The number of hydrogen-bond acceptors (Lipinski definition) is 5. The molecular weight excluding hydrogens is 474 g/mol. The van der Waals surface area contributed by atoms with Gasteiger partial charge in [0.25, 0.3) is 5.91 Å². The number of nitrogens with two attached hydrogens (primary N) is 1. The topological polar surface area (TPSA) is 151 Å². The van der Waals surface area contributed by atoms with Gasteiger partial charge in [-0.2, -0.15) is 0 Å². The third kappa shape index (κ3) is 6.26. The van der Waals surface area contributed by atoms with Crippen molar-refractivity contribution in [2.45, 2.75) is 105 Å². The van der Waals surface area contributed by atoms with Crippen molar-refractivity contribution in [2.75, 3.05) is 6.54 Å². The van der Waals surface area contributed by atoms with Crippen molar-refractivity contribution < 1.29 is 37.7 Å². The molecule has 2 saturated carbocycles. The van der Waals surface area contributed by atoms with Gasteiger partial charge in [0.1, 0.15) is 12.1 Å². The van der Waals surface area contributed by atoms with Gasteiger partial charge in [0.2, 0.25) is 17.6 Å². The van der Waals surface area contributed by atoms with Crippen molar-refractivity contribution in [3.63, 3.8) is 0 Å². The molecule has 3 fully saturated rings. The Kier molecular flexibility index (Phi) is 4.76. The van der Waals surface area contributed by atoms with Crippen LogP contribution in [0.4, 0.5) is 4.79 Å². The molecule has 1 saturated heterocycles. The van der Waals surface area contributed by atoms with Crippen molar-refractivity contribution in [3.8, 4) is 0 Å². The number of carbonyl (C=O) groups excluding carboxylic acids is 5. The molecule has 208 valence electrons. The number of likely N-dealkylation sites (tertiary alicyclic amines) is 1. The number of ketones is 1. The van der Waals surface area contributed by atoms with Crippen molar-refractivity contribution >= 4 is 29.5 Å². The van der Waals surface area contributed by atoms with Gasteiger partial charge in [-0.3, -0.25) is 19.2 Å². The van der Waals surface area contributed by atoms with Gasteiger partial charge < -0.3 is 26.6 Å². The summed E-state index contributed by atoms with van der Waals surface area (Å²) in [5.41, 5.74) is 2.97. The second kappa shape index (κ2) is 9.91. The van der Waals surface area contributed by atoms with E-state index in [0.29, 0.717) is 0 Å². The van der Waals surface area contributed by atoms with Gasteiger partial charge in [0, 0.05) is 24.4 Å². The van der Waals surface area contributed by atoms with Crippen molar-refractivity contribution in [1.29, 1.82) is 0 Å². The lowest BCUT2D eigenvalue weighted by Gasteiger charge is -2.38. The Hall–Kier alpha value is -2.65. The predicted octanol–water partition coefficient (Wildman–Crippen LogP) is 1.71. The van der Waals surface area contributed by atoms with Crippen LogP contribution in [-0.4, -0.2) is 64.6 Å². The minimum absolute atomic E-state index is 0.0148. The van der Waals surface area contributed by atoms with Crippen molar-refractivity contribution in [3.05, 3.63) is 0 Å². The Morgan fingerprint density at radius 3 is 2.24 bits per heavy atom. The van der Waals surface area contributed by atoms with Crippen LogP contribution < -0.4 is 21.7 Å². The normalized spacial score (nSPS) is 36.4. The second-order valence-corrected chi connectivity index (χ2v) is 12.5. The molecule has 5 N–H and O–H groups in total. The molecule has 1 heterocycles. The zero-order valence-corrected chi connectivity index (χ0v) is 22.6. The maximum Gasteiger partial charge on any atom is 0.315 e. The largest absolute Gasteiger partial charge is 0.363 e. The third-order valence-corrected chi connectivity index (χ3v) is 6.96. The van der Waals surface area contributed by atoms with Gasteiger partial charge in [0.05, 0.1) is 7.39 Å². The van der Waals surface area contributed by atoms with Gasteiger partial charge in [-0.1, -0.05) is 53.7 Å². The number of amides is 5. The molecule has 37 heavy (non-hydrogen) atoms. The summed E-state index contributed by atoms with van der Waals surface area (Å²) in [5, 5.41) is 7.13. The fraction of sp³-hybridized carbons (Fsp3) is 0.815. The average molecular weight is 530 g/mol. The lowest BCUT2D eigenvalue weighted by molar-refractivity contribution is -0.145. The molecule has 1 aliphatic heterocycles. The summed E-state index contributed by atoms with van der Waals surface area (Å²) < 4.78 is 82.9. The molecule has 10 nitrogen and oxygen atoms in total. The van der Waals surface area contributed by atoms with E-state index < -0.39 is 101 Å². The maximum absolute atomic E-state index is 14.1. The fourth-order valence-electron chi connectivity index (χ4n) is 4.91. The zero-order valence-electron chi connectivity index (χ0n) is 32.6. The van der Waals surface area contributed by atoms with Crippen LogP contribution in [0.5, 0.6) is 0 Å². The summed E-state index contributed by atoms with van der Waals surface area (Å²) in [6.07, 6.45) is -15.0. The first-order valence-corrected chi connectivity index (χ1v) is 12.2. The molecule has 0 aromatic heterocycles. The lowest BCUT2D eigenvalue weighted by atomic mass is 9.80. The minimum atomic E-state index is -4.13. The third-order valence-electron chi connectivity index (χ3n) is 6.96. The summed E-state index contributed by atoms with van der Waals surface area (Å²) in [6, 6.07) is -7.35. The Labute approximate surface area is 234 Å². The number of hydrogen-bond donors (Lipinski definition) is 4. The van der Waals surface area contributed by atoms with Crippen LogP contribution in [0.25, 0.3) is 0 Å². The number of nitrogens with zero attached hydrogens (tertiary/aromatic N) is 1. The van der Waals surface area contributed by atoms with Gasteiger partial charge >= 0.3 is 6.03 Å². The monoisotopic (exact) mass is 529 g/mol. The maximum atomic E-state index is 14.1. The van der Waals surface area contributed by atoms with E-state index in [-0.39, 0.29) is 12.5 Å². The Morgan fingerprint density at radius 2 is 1.73 bits per heavy atom. The molecule has 10 heteroatoms. The molecule has 0 unspecified atom stereocenters. The van der Waals surface area contributed by atoms with Gasteiger partial charge in [-0.25, -0.2) is 4.79 Å². The van der Waals surface area contributed by atoms with E-state index in [1.807, 2.05) is 0 Å². The van der Waals surface area contributed by atoms with Crippen LogP contribution in [0.1, 0.15) is 94.6 Å². The van der Waals surface area contributed by atoms with E-state index in [1.165, 1.54) is 0 Å². The first-order valence-electron chi connectivity index (χ1n) is 17.2. The highest BCUT2D eigenvalue weighted by Crippen LogP contribution is 2.65. The van der Waals surface area contributed by atoms with Crippen molar-refractivity contribution in [1.82, 2.24) is 20.9 Å². The zero-order chi connectivity index (χ0) is 37.1. The molecule has 0 spiro atoms.